The molecule has 1 aliphatic rings. The molecule has 4 aromatic carbocycles. The van der Waals surface area contributed by atoms with E-state index in [0.717, 1.165) is 22.3 Å². The van der Waals surface area contributed by atoms with Crippen molar-refractivity contribution in [3.05, 3.63) is 144 Å². The third-order valence-corrected chi connectivity index (χ3v) is 7.79. The Labute approximate surface area is 246 Å². The van der Waals surface area contributed by atoms with Gasteiger partial charge in [0, 0.05) is 0 Å². The molecule has 0 spiro atoms. The van der Waals surface area contributed by atoms with Crippen molar-refractivity contribution in [2.24, 2.45) is 0 Å². The fourth-order valence-corrected chi connectivity index (χ4v) is 5.45. The zero-order valence-corrected chi connectivity index (χ0v) is 23.5. The minimum Gasteiger partial charge on any atom is -0.393 e. The van der Waals surface area contributed by atoms with Crippen molar-refractivity contribution < 1.29 is 34.3 Å². The van der Waals surface area contributed by atoms with Gasteiger partial charge in [-0.25, -0.2) is 0 Å². The van der Waals surface area contributed by atoms with Crippen LogP contribution in [0.4, 0.5) is 0 Å². The van der Waals surface area contributed by atoms with E-state index >= 15 is 0 Å². The molecule has 0 aliphatic heterocycles. The summed E-state index contributed by atoms with van der Waals surface area (Å²) in [5, 5.41) is 35.2. The first-order valence-electron chi connectivity index (χ1n) is 14.2. The normalized spacial score (nSPS) is 25.5. The van der Waals surface area contributed by atoms with Crippen LogP contribution >= 0.6 is 0 Å². The van der Waals surface area contributed by atoms with Gasteiger partial charge in [0.1, 0.15) is 29.5 Å². The Kier molecular flexibility index (Phi) is 10.2. The molecule has 0 amide bonds. The van der Waals surface area contributed by atoms with Crippen LogP contribution in [0.1, 0.15) is 22.3 Å². The van der Waals surface area contributed by atoms with Crippen molar-refractivity contribution in [1.82, 2.24) is 0 Å². The lowest BCUT2D eigenvalue weighted by molar-refractivity contribution is -0.242. The van der Waals surface area contributed by atoms with Gasteiger partial charge in [0.15, 0.2) is 0 Å². The minimum absolute atomic E-state index is 0.130. The quantitative estimate of drug-likeness (QED) is 0.206. The molecule has 0 radical (unpaired) electrons. The second-order valence-electron chi connectivity index (χ2n) is 10.7. The van der Waals surface area contributed by atoms with Crippen molar-refractivity contribution >= 4 is 0 Å². The van der Waals surface area contributed by atoms with Gasteiger partial charge in [0.2, 0.25) is 0 Å². The van der Waals surface area contributed by atoms with Crippen LogP contribution in [0.25, 0.3) is 0 Å². The molecule has 1 fully saturated rings. The summed E-state index contributed by atoms with van der Waals surface area (Å²) in [6.45, 7) is -0.468. The van der Waals surface area contributed by atoms with Crippen LogP contribution in [0.3, 0.4) is 0 Å². The average Bonchev–Trinajstić information content (AvgIpc) is 3.22. The maximum absolute atomic E-state index is 12.3. The Bertz CT molecular complexity index is 1340. The lowest BCUT2D eigenvalue weighted by atomic mass is 9.84. The van der Waals surface area contributed by atoms with E-state index in [0.29, 0.717) is 0 Å². The van der Waals surface area contributed by atoms with E-state index in [1.807, 2.05) is 121 Å². The third-order valence-electron chi connectivity index (χ3n) is 7.79. The molecule has 5 rings (SSSR count). The molecule has 7 heteroatoms. The standard InChI is InChI=1S/C35H38O7/c36-25-34(37)32(41-23-29-17-9-3-10-18-29)31(40-22-28-15-7-2-8-16-28)33(42-24-30-19-11-4-12-20-30)35(34,38)26-39-21-27-13-5-1-6-14-27/h1-20,31-33,36-38H,21-26H2/t31-,32-,33+,34-,35+/m1/s1. The highest BCUT2D eigenvalue weighted by Crippen LogP contribution is 2.46. The number of aliphatic hydroxyl groups is 3. The molecule has 220 valence electrons. The van der Waals surface area contributed by atoms with Crippen molar-refractivity contribution in [1.29, 1.82) is 0 Å². The third kappa shape index (κ3) is 6.80. The van der Waals surface area contributed by atoms with Gasteiger partial charge in [-0.2, -0.15) is 0 Å². The number of aliphatic hydroxyl groups excluding tert-OH is 1. The predicted molar refractivity (Wildman–Crippen MR) is 158 cm³/mol. The number of hydrogen-bond acceptors (Lipinski definition) is 7. The smallest absolute Gasteiger partial charge is 0.150 e. The van der Waals surface area contributed by atoms with Crippen molar-refractivity contribution in [2.75, 3.05) is 13.2 Å². The van der Waals surface area contributed by atoms with Crippen molar-refractivity contribution in [3.63, 3.8) is 0 Å². The monoisotopic (exact) mass is 570 g/mol. The molecule has 3 N–H and O–H groups in total. The molecular formula is C35H38O7. The Morgan fingerprint density at radius 2 is 0.833 bits per heavy atom. The summed E-state index contributed by atoms with van der Waals surface area (Å²) >= 11 is 0. The molecule has 0 aromatic heterocycles. The highest BCUT2D eigenvalue weighted by atomic mass is 16.6. The van der Waals surface area contributed by atoms with E-state index in [2.05, 4.69) is 0 Å². The topological polar surface area (TPSA) is 97.6 Å². The first-order valence-corrected chi connectivity index (χ1v) is 14.2. The van der Waals surface area contributed by atoms with E-state index in [9.17, 15) is 15.3 Å². The van der Waals surface area contributed by atoms with Crippen LogP contribution in [-0.4, -0.2) is 58.0 Å². The molecule has 4 aromatic rings. The molecule has 5 atom stereocenters. The maximum Gasteiger partial charge on any atom is 0.150 e. The minimum atomic E-state index is -2.17. The second-order valence-corrected chi connectivity index (χ2v) is 10.7. The van der Waals surface area contributed by atoms with Crippen molar-refractivity contribution in [3.8, 4) is 0 Å². The number of rotatable bonds is 14. The van der Waals surface area contributed by atoms with E-state index in [1.165, 1.54) is 0 Å². The van der Waals surface area contributed by atoms with E-state index in [4.69, 9.17) is 18.9 Å². The molecule has 1 saturated carbocycles. The van der Waals surface area contributed by atoms with Crippen LogP contribution in [0.15, 0.2) is 121 Å². The second kappa shape index (κ2) is 14.2. The molecule has 42 heavy (non-hydrogen) atoms. The maximum atomic E-state index is 12.3. The van der Waals surface area contributed by atoms with Gasteiger partial charge in [0.05, 0.1) is 39.6 Å². The van der Waals surface area contributed by atoms with Crippen LogP contribution in [0.2, 0.25) is 0 Å². The van der Waals surface area contributed by atoms with Crippen LogP contribution in [-0.2, 0) is 45.4 Å². The highest BCUT2D eigenvalue weighted by Gasteiger charge is 2.71. The first kappa shape index (κ1) is 30.1. The number of ether oxygens (including phenoxy) is 4. The van der Waals surface area contributed by atoms with Gasteiger partial charge in [-0.15, -0.1) is 0 Å². The summed E-state index contributed by atoms with van der Waals surface area (Å²) in [7, 11) is 0. The Hall–Kier alpha value is -3.40. The summed E-state index contributed by atoms with van der Waals surface area (Å²) in [6, 6.07) is 38.2. The van der Waals surface area contributed by atoms with Crippen LogP contribution in [0.5, 0.6) is 0 Å². The molecule has 0 saturated heterocycles. The SMILES string of the molecule is OC[C@@]1(O)[C@H](OCc2ccccc2)[C@@H](OCc2ccccc2)[C@H](OCc2ccccc2)[C@@]1(O)COCc1ccccc1. The van der Waals surface area contributed by atoms with Gasteiger partial charge >= 0.3 is 0 Å². The predicted octanol–water partition coefficient (Wildman–Crippen LogP) is 4.43. The fourth-order valence-electron chi connectivity index (χ4n) is 5.45. The summed E-state index contributed by atoms with van der Waals surface area (Å²) in [5.41, 5.74) is -0.674. The summed E-state index contributed by atoms with van der Waals surface area (Å²) in [6.07, 6.45) is -3.19. The Balaban J connectivity index is 1.47. The summed E-state index contributed by atoms with van der Waals surface area (Å²) in [4.78, 5) is 0. The first-order chi connectivity index (χ1) is 20.5. The van der Waals surface area contributed by atoms with E-state index < -0.39 is 36.1 Å². The molecule has 0 heterocycles. The Morgan fingerprint density at radius 1 is 0.476 bits per heavy atom. The summed E-state index contributed by atoms with van der Waals surface area (Å²) in [5.74, 6) is 0. The van der Waals surface area contributed by atoms with Crippen molar-refractivity contribution in [2.45, 2.75) is 55.9 Å². The average molecular weight is 571 g/mol. The van der Waals surface area contributed by atoms with E-state index in [-0.39, 0.29) is 33.0 Å². The van der Waals surface area contributed by atoms with Gasteiger partial charge in [-0.05, 0) is 22.3 Å². The zero-order valence-electron chi connectivity index (χ0n) is 23.5. The molecule has 0 unspecified atom stereocenters. The molecule has 1 aliphatic carbocycles. The summed E-state index contributed by atoms with van der Waals surface area (Å²) < 4.78 is 25.1. The number of benzene rings is 4. The highest BCUT2D eigenvalue weighted by molar-refractivity contribution is 5.23. The lowest BCUT2D eigenvalue weighted by Gasteiger charge is -2.40. The van der Waals surface area contributed by atoms with Crippen LogP contribution in [0, 0.1) is 0 Å². The van der Waals surface area contributed by atoms with Gasteiger partial charge in [-0.3, -0.25) is 0 Å². The van der Waals surface area contributed by atoms with Gasteiger partial charge < -0.3 is 34.3 Å². The molecule has 0 bridgehead atoms. The largest absolute Gasteiger partial charge is 0.393 e. The number of hydrogen-bond donors (Lipinski definition) is 3. The zero-order chi connectivity index (χ0) is 29.3. The van der Waals surface area contributed by atoms with Gasteiger partial charge in [-0.1, -0.05) is 121 Å². The van der Waals surface area contributed by atoms with Crippen LogP contribution < -0.4 is 0 Å². The van der Waals surface area contributed by atoms with E-state index in [1.54, 1.807) is 0 Å². The van der Waals surface area contributed by atoms with Gasteiger partial charge in [0.25, 0.3) is 0 Å². The fraction of sp³-hybridized carbons (Fsp3) is 0.314. The molecule has 7 nitrogen and oxygen atoms in total. The Morgan fingerprint density at radius 3 is 1.24 bits per heavy atom. The molecular weight excluding hydrogens is 532 g/mol. The lowest BCUT2D eigenvalue weighted by Crippen LogP contribution is -2.64.